The van der Waals surface area contributed by atoms with E-state index in [0.717, 1.165) is 116 Å². The third-order valence-corrected chi connectivity index (χ3v) is 18.0. The maximum atomic E-state index is 13.4. The third-order valence-electron chi connectivity index (χ3n) is 18.0. The van der Waals surface area contributed by atoms with E-state index in [0.29, 0.717) is 6.42 Å². The van der Waals surface area contributed by atoms with Gasteiger partial charge in [0.1, 0.15) is 73.2 Å². The first kappa shape index (κ1) is 88.4. The number of aliphatic hydroxyl groups is 11. The molecule has 17 atom stereocenters. The number of allylic oxidation sites excluding steroid dienone is 19. The number of nitrogens with one attached hydrogen (secondary N) is 1. The molecule has 0 aromatic carbocycles. The molecule has 0 saturated carbocycles. The lowest BCUT2D eigenvalue weighted by Gasteiger charge is -2.48. The zero-order valence-corrected chi connectivity index (χ0v) is 59.7. The van der Waals surface area contributed by atoms with E-state index in [9.17, 15) is 61.0 Å². The Balaban J connectivity index is 1.33. The highest BCUT2D eigenvalue weighted by atomic mass is 16.8. The molecule has 1 amide bonds. The van der Waals surface area contributed by atoms with Gasteiger partial charge in [0.05, 0.1) is 38.6 Å². The Morgan fingerprint density at radius 2 is 0.704 bits per heavy atom. The number of hydrogen-bond donors (Lipinski definition) is 12. The molecule has 12 N–H and O–H groups in total. The van der Waals surface area contributed by atoms with Crippen LogP contribution in [0, 0.1) is 0 Å². The summed E-state index contributed by atoms with van der Waals surface area (Å²) in [7, 11) is 0. The average molecular weight is 1380 g/mol. The number of carbonyl (C=O) groups excluding carboxylic acids is 1. The van der Waals surface area contributed by atoms with Gasteiger partial charge in [-0.05, 0) is 89.9 Å². The van der Waals surface area contributed by atoms with Gasteiger partial charge in [0.25, 0.3) is 0 Å². The average Bonchev–Trinajstić information content (AvgIpc) is 0.785. The predicted molar refractivity (Wildman–Crippen MR) is 387 cm³/mol. The van der Waals surface area contributed by atoms with Crippen molar-refractivity contribution in [2.75, 3.05) is 26.4 Å². The zero-order valence-electron chi connectivity index (χ0n) is 59.7. The summed E-state index contributed by atoms with van der Waals surface area (Å²) in [4.78, 5) is 13.4. The van der Waals surface area contributed by atoms with Crippen molar-refractivity contribution in [3.8, 4) is 0 Å². The molecular formula is C79H133NO18. The summed E-state index contributed by atoms with van der Waals surface area (Å²) in [6.45, 7) is 1.60. The van der Waals surface area contributed by atoms with Crippen molar-refractivity contribution in [1.82, 2.24) is 5.32 Å². The van der Waals surface area contributed by atoms with Gasteiger partial charge in [-0.1, -0.05) is 264 Å². The first-order valence-corrected chi connectivity index (χ1v) is 37.8. The van der Waals surface area contributed by atoms with Crippen LogP contribution in [-0.2, 0) is 33.2 Å². The van der Waals surface area contributed by atoms with Crippen molar-refractivity contribution in [3.63, 3.8) is 0 Å². The van der Waals surface area contributed by atoms with Crippen molar-refractivity contribution >= 4 is 5.91 Å². The third kappa shape index (κ3) is 39.0. The van der Waals surface area contributed by atoms with E-state index in [4.69, 9.17) is 28.4 Å². The van der Waals surface area contributed by atoms with E-state index in [2.05, 4.69) is 129 Å². The van der Waals surface area contributed by atoms with Crippen LogP contribution in [0.25, 0.3) is 0 Å². The summed E-state index contributed by atoms with van der Waals surface area (Å²) in [5, 5.41) is 121. The Morgan fingerprint density at radius 1 is 0.378 bits per heavy atom. The molecule has 19 heteroatoms. The summed E-state index contributed by atoms with van der Waals surface area (Å²) in [5.74, 6) is -0.284. The molecule has 0 spiro atoms. The van der Waals surface area contributed by atoms with Gasteiger partial charge in [0.15, 0.2) is 18.9 Å². The van der Waals surface area contributed by atoms with Gasteiger partial charge in [0, 0.05) is 6.42 Å². The molecule has 0 aromatic heterocycles. The van der Waals surface area contributed by atoms with Crippen molar-refractivity contribution < 1.29 is 89.4 Å². The minimum Gasteiger partial charge on any atom is -0.394 e. The Bertz CT molecular complexity index is 2250. The summed E-state index contributed by atoms with van der Waals surface area (Å²) in [6.07, 6.45) is 54.7. The molecule has 3 aliphatic heterocycles. The number of unbranched alkanes of at least 4 members (excludes halogenated alkanes) is 23. The topological polar surface area (TPSA) is 307 Å². The SMILES string of the molecule is CC/C=C\C/C=C\C/C=C\C/C=C\C/C=C\C/C=C\C/C=C\C/C=C\C/C=C\CCCCCCCCCCCCCC(=O)NC(COC1OC(CO)C(OC2OC(CO)C(OC3OC(CO)C(O)C(O)C3O)C(O)C2O)C(O)C1O)C(O)/C=C/CCCCCCCCCCCCCC. The minimum absolute atomic E-state index is 0.233. The maximum Gasteiger partial charge on any atom is 0.220 e. The van der Waals surface area contributed by atoms with Crippen LogP contribution < -0.4 is 5.32 Å². The summed E-state index contributed by atoms with van der Waals surface area (Å²) in [6, 6.07) is -0.982. The largest absolute Gasteiger partial charge is 0.394 e. The van der Waals surface area contributed by atoms with E-state index < -0.39 is 124 Å². The second kappa shape index (κ2) is 58.7. The number of carbonyl (C=O) groups is 1. The molecule has 0 aromatic rings. The molecule has 0 radical (unpaired) electrons. The lowest BCUT2D eigenvalue weighted by atomic mass is 9.96. The fourth-order valence-electron chi connectivity index (χ4n) is 11.9. The van der Waals surface area contributed by atoms with E-state index in [1.165, 1.54) is 96.3 Å². The molecule has 3 heterocycles. The van der Waals surface area contributed by atoms with Crippen molar-refractivity contribution in [2.24, 2.45) is 0 Å². The van der Waals surface area contributed by atoms with Gasteiger partial charge in [0.2, 0.25) is 5.91 Å². The Labute approximate surface area is 588 Å². The maximum absolute atomic E-state index is 13.4. The highest BCUT2D eigenvalue weighted by Gasteiger charge is 2.53. The van der Waals surface area contributed by atoms with Gasteiger partial charge in [-0.15, -0.1) is 0 Å². The lowest BCUT2D eigenvalue weighted by molar-refractivity contribution is -0.379. The van der Waals surface area contributed by atoms with Gasteiger partial charge in [-0.3, -0.25) is 4.79 Å². The van der Waals surface area contributed by atoms with Crippen LogP contribution >= 0.6 is 0 Å². The normalized spacial score (nSPS) is 27.5. The monoisotopic (exact) mass is 1380 g/mol. The van der Waals surface area contributed by atoms with Crippen LogP contribution in [0.2, 0.25) is 0 Å². The lowest BCUT2D eigenvalue weighted by Crippen LogP contribution is -2.66. The van der Waals surface area contributed by atoms with Crippen LogP contribution in [0.5, 0.6) is 0 Å². The molecule has 3 saturated heterocycles. The van der Waals surface area contributed by atoms with E-state index in [1.54, 1.807) is 6.08 Å². The van der Waals surface area contributed by atoms with Crippen LogP contribution in [0.4, 0.5) is 0 Å². The van der Waals surface area contributed by atoms with Gasteiger partial charge in [-0.2, -0.15) is 0 Å². The molecule has 562 valence electrons. The first-order chi connectivity index (χ1) is 47.8. The minimum atomic E-state index is -1.98. The highest BCUT2D eigenvalue weighted by molar-refractivity contribution is 5.76. The van der Waals surface area contributed by atoms with Crippen molar-refractivity contribution in [1.29, 1.82) is 0 Å². The molecule has 3 aliphatic rings. The van der Waals surface area contributed by atoms with E-state index in [-0.39, 0.29) is 18.9 Å². The molecular weight excluding hydrogens is 1250 g/mol. The van der Waals surface area contributed by atoms with Crippen LogP contribution in [0.1, 0.15) is 239 Å². The quantitative estimate of drug-likeness (QED) is 0.0199. The van der Waals surface area contributed by atoms with Gasteiger partial charge < -0.3 is 89.9 Å². The van der Waals surface area contributed by atoms with Gasteiger partial charge in [-0.25, -0.2) is 0 Å². The Hall–Kier alpha value is -3.81. The molecule has 0 aliphatic carbocycles. The van der Waals surface area contributed by atoms with Crippen molar-refractivity contribution in [3.05, 3.63) is 122 Å². The number of ether oxygens (including phenoxy) is 6. The molecule has 0 bridgehead atoms. The predicted octanol–water partition coefficient (Wildman–Crippen LogP) is 11.6. The zero-order chi connectivity index (χ0) is 71.1. The first-order valence-electron chi connectivity index (χ1n) is 37.8. The molecule has 98 heavy (non-hydrogen) atoms. The smallest absolute Gasteiger partial charge is 0.220 e. The standard InChI is InChI=1S/C79H133NO18/c1-3-5-7-9-11-13-15-17-19-20-21-22-23-24-25-26-27-28-29-30-31-32-33-34-35-36-37-38-39-40-41-42-43-45-47-49-51-53-55-57-67(85)80-62(63(84)56-54-52-50-48-46-44-18-16-14-12-10-8-6-4-2)61-93-77-73(91)70(88)75(65(59-82)95-77)98-79-74(92)71(89)76(66(60-83)96-79)97-78-72(90)69(87)68(86)64(58-81)94-78/h5,7,11,13,17,19,21-22,24-25,27-28,30-31,33-34,36-37,54,56,62-66,68-79,81-84,86-92H,3-4,6,8-10,12,14-16,18,20,23,26,29,32,35,38-53,55,57-61H2,1-2H3,(H,80,85)/b7-5-,13-11-,19-17-,22-21-,25-24-,28-27-,31-30-,34-33-,37-36-,56-54+. The molecule has 3 rings (SSSR count). The summed E-state index contributed by atoms with van der Waals surface area (Å²) < 4.78 is 34.4. The number of amides is 1. The number of hydrogen-bond acceptors (Lipinski definition) is 18. The summed E-state index contributed by atoms with van der Waals surface area (Å²) >= 11 is 0. The molecule has 17 unspecified atom stereocenters. The molecule has 19 nitrogen and oxygen atoms in total. The van der Waals surface area contributed by atoms with Crippen LogP contribution in [0.3, 0.4) is 0 Å². The molecule has 3 fully saturated rings. The fourth-order valence-corrected chi connectivity index (χ4v) is 11.9. The van der Waals surface area contributed by atoms with Crippen molar-refractivity contribution in [2.45, 2.75) is 343 Å². The second-order valence-electron chi connectivity index (χ2n) is 26.4. The van der Waals surface area contributed by atoms with Gasteiger partial charge >= 0.3 is 0 Å². The van der Waals surface area contributed by atoms with Crippen LogP contribution in [-0.4, -0.2) is 193 Å². The Morgan fingerprint density at radius 3 is 1.10 bits per heavy atom. The number of rotatable bonds is 57. The fraction of sp³-hybridized carbons (Fsp3) is 0.734. The highest BCUT2D eigenvalue weighted by Crippen LogP contribution is 2.33. The Kier molecular flexibility index (Phi) is 52.9. The second-order valence-corrected chi connectivity index (χ2v) is 26.4. The summed E-state index contributed by atoms with van der Waals surface area (Å²) in [5.41, 5.74) is 0. The number of aliphatic hydroxyl groups excluding tert-OH is 11. The van der Waals surface area contributed by atoms with Crippen LogP contribution in [0.15, 0.2) is 122 Å². The van der Waals surface area contributed by atoms with E-state index in [1.807, 2.05) is 6.08 Å². The van der Waals surface area contributed by atoms with E-state index >= 15 is 0 Å².